The number of fused-ring (bicyclic) bond motifs is 1. The number of benzene rings is 1. The zero-order valence-corrected chi connectivity index (χ0v) is 19.9. The van der Waals surface area contributed by atoms with E-state index in [0.29, 0.717) is 6.04 Å². The maximum Gasteiger partial charge on any atom is 0.239 e. The van der Waals surface area contributed by atoms with Crippen LogP contribution in [-0.4, -0.2) is 69.6 Å². The molecule has 5 rings (SSSR count). The van der Waals surface area contributed by atoms with Crippen LogP contribution in [0, 0.1) is 6.92 Å². The standard InChI is InChI=1S/C24H30N6O2S/c1-16-3-4-20-19(11-16)22(27-15-26-20)29(2)14-21(31)28-17-12-30(13-17)18-5-7-24(32,8-6-18)23-25-9-10-33-23/h3-4,9-11,15,17-18,32H,5-8,12-14H2,1-2H3,(H,28,31). The number of anilines is 1. The number of rotatable bonds is 6. The SMILES string of the molecule is Cc1ccc2ncnc(N(C)CC(=O)NC3CN(C4CCC(O)(c5nccs5)CC4)C3)c2c1. The van der Waals surface area contributed by atoms with Gasteiger partial charge in [-0.05, 0) is 44.7 Å². The van der Waals surface area contributed by atoms with Crippen molar-refractivity contribution < 1.29 is 9.90 Å². The fraction of sp³-hybridized carbons (Fsp3) is 0.500. The molecule has 2 aromatic heterocycles. The first-order chi connectivity index (χ1) is 15.9. The summed E-state index contributed by atoms with van der Waals surface area (Å²) in [7, 11) is 1.89. The minimum Gasteiger partial charge on any atom is -0.383 e. The lowest BCUT2D eigenvalue weighted by Gasteiger charge is -2.48. The number of amides is 1. The summed E-state index contributed by atoms with van der Waals surface area (Å²) in [6.07, 6.45) is 6.72. The largest absolute Gasteiger partial charge is 0.383 e. The van der Waals surface area contributed by atoms with E-state index in [-0.39, 0.29) is 18.5 Å². The first-order valence-electron chi connectivity index (χ1n) is 11.5. The van der Waals surface area contributed by atoms with Crippen LogP contribution in [0.5, 0.6) is 0 Å². The topological polar surface area (TPSA) is 94.5 Å². The Labute approximate surface area is 197 Å². The minimum absolute atomic E-state index is 0.00311. The van der Waals surface area contributed by atoms with Crippen molar-refractivity contribution in [3.63, 3.8) is 0 Å². The van der Waals surface area contributed by atoms with Crippen molar-refractivity contribution in [2.24, 2.45) is 0 Å². The van der Waals surface area contributed by atoms with Gasteiger partial charge in [-0.25, -0.2) is 15.0 Å². The van der Waals surface area contributed by atoms with E-state index in [9.17, 15) is 9.90 Å². The van der Waals surface area contributed by atoms with E-state index < -0.39 is 5.60 Å². The smallest absolute Gasteiger partial charge is 0.239 e. The highest BCUT2D eigenvalue weighted by Gasteiger charge is 2.41. The molecule has 0 spiro atoms. The van der Waals surface area contributed by atoms with Crippen molar-refractivity contribution in [2.45, 2.75) is 50.3 Å². The van der Waals surface area contributed by atoms with Gasteiger partial charge in [-0.2, -0.15) is 0 Å². The van der Waals surface area contributed by atoms with Crippen molar-refractivity contribution in [1.29, 1.82) is 0 Å². The van der Waals surface area contributed by atoms with Crippen LogP contribution < -0.4 is 10.2 Å². The van der Waals surface area contributed by atoms with Gasteiger partial charge in [0.25, 0.3) is 0 Å². The zero-order valence-electron chi connectivity index (χ0n) is 19.1. The third-order valence-corrected chi connectivity index (χ3v) is 7.88. The fourth-order valence-corrected chi connectivity index (χ4v) is 5.83. The van der Waals surface area contributed by atoms with Crippen molar-refractivity contribution in [2.75, 3.05) is 31.6 Å². The van der Waals surface area contributed by atoms with Gasteiger partial charge in [0.05, 0.1) is 18.1 Å². The summed E-state index contributed by atoms with van der Waals surface area (Å²) in [5.41, 5.74) is 1.25. The number of likely N-dealkylation sites (N-methyl/N-ethyl adjacent to an activating group) is 1. The number of nitrogens with zero attached hydrogens (tertiary/aromatic N) is 5. The molecule has 1 aromatic carbocycles. The van der Waals surface area contributed by atoms with E-state index in [1.54, 1.807) is 12.5 Å². The lowest BCUT2D eigenvalue weighted by atomic mass is 9.81. The van der Waals surface area contributed by atoms with Gasteiger partial charge in [-0.3, -0.25) is 9.69 Å². The Balaban J connectivity index is 1.10. The summed E-state index contributed by atoms with van der Waals surface area (Å²) in [5, 5.41) is 17.8. The van der Waals surface area contributed by atoms with Crippen LogP contribution in [0.2, 0.25) is 0 Å². The number of carbonyl (C=O) groups excluding carboxylic acids is 1. The quantitative estimate of drug-likeness (QED) is 0.576. The number of nitrogens with one attached hydrogen (secondary N) is 1. The second-order valence-corrected chi connectivity index (χ2v) is 10.3. The maximum absolute atomic E-state index is 12.7. The summed E-state index contributed by atoms with van der Waals surface area (Å²) < 4.78 is 0. The molecule has 0 atom stereocenters. The van der Waals surface area contributed by atoms with Gasteiger partial charge in [0.1, 0.15) is 22.8 Å². The number of thiazole rings is 1. The molecule has 9 heteroatoms. The van der Waals surface area contributed by atoms with E-state index in [2.05, 4.69) is 31.2 Å². The zero-order chi connectivity index (χ0) is 23.0. The summed E-state index contributed by atoms with van der Waals surface area (Å²) in [6.45, 7) is 4.02. The summed E-state index contributed by atoms with van der Waals surface area (Å²) >= 11 is 1.53. The van der Waals surface area contributed by atoms with Gasteiger partial charge in [0.15, 0.2) is 0 Å². The molecule has 3 aromatic rings. The summed E-state index contributed by atoms with van der Waals surface area (Å²) in [6, 6.07) is 6.71. The number of aliphatic hydroxyl groups is 1. The second kappa shape index (κ2) is 8.96. The minimum atomic E-state index is -0.766. The fourth-order valence-electron chi connectivity index (χ4n) is 5.04. The Morgan fingerprint density at radius 3 is 2.79 bits per heavy atom. The van der Waals surface area contributed by atoms with Gasteiger partial charge >= 0.3 is 0 Å². The van der Waals surface area contributed by atoms with E-state index in [0.717, 1.165) is 66.1 Å². The Bertz CT molecular complexity index is 1120. The maximum atomic E-state index is 12.7. The van der Waals surface area contributed by atoms with Crippen LogP contribution >= 0.6 is 11.3 Å². The summed E-state index contributed by atoms with van der Waals surface area (Å²) in [5.74, 6) is 0.771. The van der Waals surface area contributed by atoms with Crippen LogP contribution in [-0.2, 0) is 10.4 Å². The van der Waals surface area contributed by atoms with Crippen molar-refractivity contribution in [3.05, 3.63) is 46.7 Å². The molecule has 33 heavy (non-hydrogen) atoms. The van der Waals surface area contributed by atoms with Crippen LogP contribution in [0.3, 0.4) is 0 Å². The monoisotopic (exact) mass is 466 g/mol. The molecule has 1 aliphatic carbocycles. The average Bonchev–Trinajstić information content (AvgIpc) is 3.32. The molecule has 8 nitrogen and oxygen atoms in total. The Kier molecular flexibility index (Phi) is 6.03. The van der Waals surface area contributed by atoms with E-state index in [4.69, 9.17) is 0 Å². The van der Waals surface area contributed by atoms with Crippen LogP contribution in [0.25, 0.3) is 10.9 Å². The highest BCUT2D eigenvalue weighted by atomic mass is 32.1. The number of carbonyl (C=O) groups is 1. The Morgan fingerprint density at radius 1 is 1.27 bits per heavy atom. The third kappa shape index (κ3) is 4.58. The molecule has 1 saturated heterocycles. The lowest BCUT2D eigenvalue weighted by molar-refractivity contribution is -0.122. The van der Waals surface area contributed by atoms with Gasteiger partial charge < -0.3 is 15.3 Å². The molecule has 2 N–H and O–H groups in total. The van der Waals surface area contributed by atoms with Crippen LogP contribution in [0.1, 0.15) is 36.3 Å². The predicted molar refractivity (Wildman–Crippen MR) is 129 cm³/mol. The Hall–Kier alpha value is -2.62. The normalized spacial score (nSPS) is 23.9. The van der Waals surface area contributed by atoms with Crippen LogP contribution in [0.15, 0.2) is 36.1 Å². The molecule has 1 saturated carbocycles. The van der Waals surface area contributed by atoms with E-state index in [1.807, 2.05) is 36.4 Å². The molecule has 0 unspecified atom stereocenters. The predicted octanol–water partition coefficient (Wildman–Crippen LogP) is 2.46. The number of hydrogen-bond acceptors (Lipinski definition) is 8. The van der Waals surface area contributed by atoms with Gasteiger partial charge in [0, 0.05) is 43.1 Å². The van der Waals surface area contributed by atoms with Crippen molar-refractivity contribution in [1.82, 2.24) is 25.2 Å². The highest BCUT2D eigenvalue weighted by Crippen LogP contribution is 2.40. The molecule has 0 bridgehead atoms. The van der Waals surface area contributed by atoms with Crippen molar-refractivity contribution >= 4 is 34.0 Å². The van der Waals surface area contributed by atoms with Crippen molar-refractivity contribution in [3.8, 4) is 0 Å². The lowest BCUT2D eigenvalue weighted by Crippen LogP contribution is -2.63. The molecule has 2 fully saturated rings. The second-order valence-electron chi connectivity index (χ2n) is 9.39. The van der Waals surface area contributed by atoms with E-state index in [1.165, 1.54) is 11.3 Å². The number of likely N-dealkylation sites (tertiary alicyclic amines) is 1. The molecule has 174 valence electrons. The molecule has 1 amide bonds. The van der Waals surface area contributed by atoms with Gasteiger partial charge in [-0.1, -0.05) is 11.6 Å². The highest BCUT2D eigenvalue weighted by molar-refractivity contribution is 7.09. The summed E-state index contributed by atoms with van der Waals surface area (Å²) in [4.78, 5) is 30.1. The third-order valence-electron chi connectivity index (χ3n) is 6.92. The number of aromatic nitrogens is 3. The first kappa shape index (κ1) is 22.2. The molecule has 2 aliphatic rings. The molecule has 3 heterocycles. The number of hydrogen-bond donors (Lipinski definition) is 2. The molecule has 1 aliphatic heterocycles. The van der Waals surface area contributed by atoms with Gasteiger partial charge in [-0.15, -0.1) is 11.3 Å². The number of aryl methyl sites for hydroxylation is 1. The average molecular weight is 467 g/mol. The molecular formula is C24H30N6O2S. The van der Waals surface area contributed by atoms with E-state index >= 15 is 0 Å². The van der Waals surface area contributed by atoms with Crippen LogP contribution in [0.4, 0.5) is 5.82 Å². The van der Waals surface area contributed by atoms with Gasteiger partial charge in [0.2, 0.25) is 5.91 Å². The Morgan fingerprint density at radius 2 is 2.06 bits per heavy atom. The molecule has 0 radical (unpaired) electrons. The molecular weight excluding hydrogens is 436 g/mol. The first-order valence-corrected chi connectivity index (χ1v) is 12.4.